The molecule has 0 spiro atoms. The molecule has 0 bridgehead atoms. The molecule has 2 heterocycles. The summed E-state index contributed by atoms with van der Waals surface area (Å²) < 4.78 is 2.74. The fourth-order valence-corrected chi connectivity index (χ4v) is 8.76. The van der Waals surface area contributed by atoms with Gasteiger partial charge in [-0.05, 0) is 52.4 Å². The number of benzene rings is 4. The third kappa shape index (κ3) is 4.37. The van der Waals surface area contributed by atoms with Crippen LogP contribution in [-0.4, -0.2) is 12.3 Å². The molecular formula is C39H34N3S+. The van der Waals surface area contributed by atoms with E-state index in [0.717, 1.165) is 12.8 Å². The Bertz CT molecular complexity index is 2040. The number of nitrogens with two attached hydrogens (primary N) is 1. The van der Waals surface area contributed by atoms with Gasteiger partial charge in [-0.1, -0.05) is 115 Å². The van der Waals surface area contributed by atoms with Crippen LogP contribution in [0.15, 0.2) is 133 Å². The minimum absolute atomic E-state index is 0.158. The lowest BCUT2D eigenvalue weighted by molar-refractivity contribution is -0.741. The van der Waals surface area contributed by atoms with Crippen molar-refractivity contribution in [2.45, 2.75) is 31.3 Å². The van der Waals surface area contributed by atoms with Crippen molar-refractivity contribution in [2.24, 2.45) is 11.8 Å². The van der Waals surface area contributed by atoms with Crippen molar-refractivity contribution < 1.29 is 5.32 Å². The van der Waals surface area contributed by atoms with E-state index in [1.165, 1.54) is 58.8 Å². The van der Waals surface area contributed by atoms with E-state index in [0.29, 0.717) is 11.8 Å². The zero-order chi connectivity index (χ0) is 28.3. The van der Waals surface area contributed by atoms with Crippen molar-refractivity contribution in [3.63, 3.8) is 0 Å². The molecular weight excluding hydrogens is 543 g/mol. The fourth-order valence-electron chi connectivity index (χ4n) is 7.65. The Morgan fingerprint density at radius 2 is 1.56 bits per heavy atom. The molecule has 0 radical (unpaired) electrons. The number of hydrogen-bond donors (Lipinski definition) is 3. The highest BCUT2D eigenvalue weighted by Crippen LogP contribution is 2.42. The Kier molecular flexibility index (Phi) is 6.09. The summed E-state index contributed by atoms with van der Waals surface area (Å²) in [5.74, 6) is 0.821. The van der Waals surface area contributed by atoms with Crippen LogP contribution in [0.1, 0.15) is 29.3 Å². The first-order valence-electron chi connectivity index (χ1n) is 15.5. The van der Waals surface area contributed by atoms with E-state index in [2.05, 4.69) is 143 Å². The summed E-state index contributed by atoms with van der Waals surface area (Å²) in [7, 11) is 0. The van der Waals surface area contributed by atoms with Crippen LogP contribution in [0, 0.1) is 11.8 Å². The first-order valence-corrected chi connectivity index (χ1v) is 16.3. The minimum atomic E-state index is 0.158. The maximum Gasteiger partial charge on any atom is 0.168 e. The van der Waals surface area contributed by atoms with Crippen LogP contribution in [0.3, 0.4) is 0 Å². The van der Waals surface area contributed by atoms with Gasteiger partial charge in [-0.15, -0.1) is 11.3 Å². The smallest absolute Gasteiger partial charge is 0.168 e. The summed E-state index contributed by atoms with van der Waals surface area (Å²) in [6, 6.07) is 29.1. The number of nitrogens with one attached hydrogen (secondary N) is 2. The van der Waals surface area contributed by atoms with Gasteiger partial charge in [-0.3, -0.25) is 0 Å². The molecule has 1 fully saturated rings. The standard InChI is InChI=1S/C39H33N3S/c1-2-9-26(10-3-1)37-40-38(29-17-14-24-8-4-5-11-27(24)22-29)42-39(41-37)30-18-20-31-28(23-30)16-15-25-19-21-34-36(35(25)31)32-12-6-7-13-33(32)43-34/h1-21,27,30,37-42H,22-23H2/p+1. The normalized spacial score (nSPS) is 26.4. The van der Waals surface area contributed by atoms with Crippen LogP contribution in [0.25, 0.3) is 37.0 Å². The highest BCUT2D eigenvalue weighted by molar-refractivity contribution is 7.26. The van der Waals surface area contributed by atoms with Crippen LogP contribution < -0.4 is 16.0 Å². The number of quaternary nitrogens is 1. The second kappa shape index (κ2) is 10.3. The lowest BCUT2D eigenvalue weighted by Gasteiger charge is -2.41. The summed E-state index contributed by atoms with van der Waals surface area (Å²) in [6.45, 7) is 0. The van der Waals surface area contributed by atoms with Gasteiger partial charge in [-0.2, -0.15) is 0 Å². The molecule has 4 heteroatoms. The maximum absolute atomic E-state index is 4.05. The average Bonchev–Trinajstić information content (AvgIpc) is 3.47. The molecule has 1 aliphatic heterocycles. The lowest BCUT2D eigenvalue weighted by atomic mass is 9.82. The molecule has 4 aromatic carbocycles. The molecule has 5 unspecified atom stereocenters. The molecule has 9 rings (SSSR count). The van der Waals surface area contributed by atoms with Gasteiger partial charge in [0.1, 0.15) is 0 Å². The summed E-state index contributed by atoms with van der Waals surface area (Å²) in [4.78, 5) is 0. The van der Waals surface area contributed by atoms with E-state index in [9.17, 15) is 0 Å². The molecule has 1 saturated heterocycles. The number of allylic oxidation sites excluding steroid dienone is 7. The third-order valence-corrected chi connectivity index (χ3v) is 11.0. The quantitative estimate of drug-likeness (QED) is 0.208. The van der Waals surface area contributed by atoms with Gasteiger partial charge in [0.05, 0.1) is 6.17 Å². The van der Waals surface area contributed by atoms with Crippen molar-refractivity contribution >= 4 is 48.4 Å². The highest BCUT2D eigenvalue weighted by atomic mass is 32.1. The van der Waals surface area contributed by atoms with Gasteiger partial charge in [0.15, 0.2) is 12.3 Å². The van der Waals surface area contributed by atoms with Gasteiger partial charge in [0, 0.05) is 43.1 Å². The molecule has 4 aliphatic rings. The lowest BCUT2D eigenvalue weighted by Crippen LogP contribution is -3.01. The van der Waals surface area contributed by atoms with Crippen molar-refractivity contribution in [2.75, 3.05) is 0 Å². The van der Waals surface area contributed by atoms with E-state index in [4.69, 9.17) is 0 Å². The SMILES string of the molecule is C1=CC2=CC=C(C3NC(C4C=Cc5c(ccc6ccc7sc8ccccc8c7c56)C4)NC(c4ccccc4)[NH2+]3)CC2C=C1. The van der Waals surface area contributed by atoms with E-state index < -0.39 is 0 Å². The van der Waals surface area contributed by atoms with Crippen molar-refractivity contribution in [3.05, 3.63) is 149 Å². The number of rotatable bonds is 3. The molecule has 4 N–H and O–H groups in total. The minimum Gasteiger partial charge on any atom is -0.309 e. The van der Waals surface area contributed by atoms with Crippen LogP contribution in [-0.2, 0) is 6.42 Å². The van der Waals surface area contributed by atoms with E-state index in [1.54, 1.807) is 0 Å². The predicted molar refractivity (Wildman–Crippen MR) is 181 cm³/mol. The second-order valence-corrected chi connectivity index (χ2v) is 13.4. The van der Waals surface area contributed by atoms with E-state index in [-0.39, 0.29) is 18.5 Å². The first kappa shape index (κ1) is 25.4. The van der Waals surface area contributed by atoms with Gasteiger partial charge in [0.25, 0.3) is 0 Å². The Morgan fingerprint density at radius 3 is 2.51 bits per heavy atom. The average molecular weight is 577 g/mol. The maximum atomic E-state index is 4.05. The zero-order valence-electron chi connectivity index (χ0n) is 23.9. The van der Waals surface area contributed by atoms with Crippen LogP contribution in [0.2, 0.25) is 0 Å². The topological polar surface area (TPSA) is 40.7 Å². The molecule has 210 valence electrons. The fraction of sp³-hybridized carbons (Fsp3) is 0.179. The Labute approximate surface area is 256 Å². The van der Waals surface area contributed by atoms with Gasteiger partial charge < -0.3 is 5.32 Å². The molecule has 0 saturated carbocycles. The summed E-state index contributed by atoms with van der Waals surface area (Å²) in [5, 5.41) is 16.0. The van der Waals surface area contributed by atoms with E-state index in [1.807, 2.05) is 11.3 Å². The van der Waals surface area contributed by atoms with Crippen molar-refractivity contribution in [1.82, 2.24) is 10.6 Å². The predicted octanol–water partition coefficient (Wildman–Crippen LogP) is 7.50. The van der Waals surface area contributed by atoms with Gasteiger partial charge >= 0.3 is 0 Å². The van der Waals surface area contributed by atoms with E-state index >= 15 is 0 Å². The Hall–Kier alpha value is -4.06. The zero-order valence-corrected chi connectivity index (χ0v) is 24.7. The molecule has 0 amide bonds. The van der Waals surface area contributed by atoms with Gasteiger partial charge in [-0.25, -0.2) is 10.6 Å². The van der Waals surface area contributed by atoms with Crippen LogP contribution >= 0.6 is 11.3 Å². The Morgan fingerprint density at radius 1 is 0.698 bits per heavy atom. The summed E-state index contributed by atoms with van der Waals surface area (Å²) in [5.41, 5.74) is 7.05. The molecule has 5 atom stereocenters. The van der Waals surface area contributed by atoms with Crippen LogP contribution in [0.5, 0.6) is 0 Å². The third-order valence-electron chi connectivity index (χ3n) is 9.83. The summed E-state index contributed by atoms with van der Waals surface area (Å²) >= 11 is 1.90. The monoisotopic (exact) mass is 576 g/mol. The first-order chi connectivity index (χ1) is 21.3. The highest BCUT2D eigenvalue weighted by Gasteiger charge is 2.38. The van der Waals surface area contributed by atoms with Crippen molar-refractivity contribution in [3.8, 4) is 0 Å². The van der Waals surface area contributed by atoms with Crippen molar-refractivity contribution in [1.29, 1.82) is 0 Å². The second-order valence-electron chi connectivity index (χ2n) is 12.3. The van der Waals surface area contributed by atoms with Gasteiger partial charge in [0.2, 0.25) is 0 Å². The Balaban J connectivity index is 1.08. The summed E-state index contributed by atoms with van der Waals surface area (Å²) in [6.07, 6.45) is 21.2. The number of hydrogen-bond acceptors (Lipinski definition) is 3. The largest absolute Gasteiger partial charge is 0.309 e. The molecule has 43 heavy (non-hydrogen) atoms. The molecule has 3 aliphatic carbocycles. The number of thiophene rings is 1. The van der Waals surface area contributed by atoms with Crippen LogP contribution in [0.4, 0.5) is 0 Å². The molecule has 3 nitrogen and oxygen atoms in total. The molecule has 1 aromatic heterocycles. The number of fused-ring (bicyclic) bond motifs is 8. The molecule has 5 aromatic rings.